The number of thiazole rings is 1. The third-order valence-electron chi connectivity index (χ3n) is 2.61. The van der Waals surface area contributed by atoms with E-state index < -0.39 is 10.8 Å². The molecule has 0 bridgehead atoms. The van der Waals surface area contributed by atoms with Crippen molar-refractivity contribution >= 4 is 38.0 Å². The molecule has 4 nitrogen and oxygen atoms in total. The summed E-state index contributed by atoms with van der Waals surface area (Å²) in [5, 5.41) is 0. The van der Waals surface area contributed by atoms with Crippen molar-refractivity contribution < 1.29 is 4.21 Å². The van der Waals surface area contributed by atoms with Gasteiger partial charge in [0.15, 0.2) is 4.34 Å². The zero-order chi connectivity index (χ0) is 13.2. The van der Waals surface area contributed by atoms with E-state index in [4.69, 9.17) is 5.73 Å². The van der Waals surface area contributed by atoms with E-state index in [0.29, 0.717) is 15.8 Å². The average Bonchev–Trinajstić information content (AvgIpc) is 2.83. The minimum absolute atomic E-state index is 0.434. The molecule has 3 rings (SSSR count). The summed E-state index contributed by atoms with van der Waals surface area (Å²) in [5.74, 6) is 0.434. The Bertz CT molecular complexity index is 740. The van der Waals surface area contributed by atoms with Crippen molar-refractivity contribution in [3.05, 3.63) is 48.3 Å². The van der Waals surface area contributed by atoms with Crippen molar-refractivity contribution in [2.24, 2.45) is 0 Å². The van der Waals surface area contributed by atoms with E-state index in [2.05, 4.69) is 9.97 Å². The maximum atomic E-state index is 12.3. The molecule has 2 N–H and O–H groups in total. The lowest BCUT2D eigenvalue weighted by atomic mass is 10.3. The van der Waals surface area contributed by atoms with E-state index >= 15 is 0 Å². The predicted molar refractivity (Wildman–Crippen MR) is 78.4 cm³/mol. The summed E-state index contributed by atoms with van der Waals surface area (Å²) in [7, 11) is -1.15. The van der Waals surface area contributed by atoms with Gasteiger partial charge in [0, 0.05) is 18.1 Å². The van der Waals surface area contributed by atoms with Crippen LogP contribution in [-0.2, 0) is 16.6 Å². The number of fused-ring (bicyclic) bond motifs is 1. The zero-order valence-electron chi connectivity index (χ0n) is 9.95. The monoisotopic (exact) mass is 289 g/mol. The van der Waals surface area contributed by atoms with Crippen molar-refractivity contribution in [1.29, 1.82) is 0 Å². The Kier molecular flexibility index (Phi) is 3.27. The van der Waals surface area contributed by atoms with Gasteiger partial charge >= 0.3 is 0 Å². The van der Waals surface area contributed by atoms with Gasteiger partial charge in [-0.25, -0.2) is 4.98 Å². The van der Waals surface area contributed by atoms with E-state index in [1.54, 1.807) is 18.5 Å². The maximum Gasteiger partial charge on any atom is 0.182 e. The molecule has 0 amide bonds. The second-order valence-corrected chi connectivity index (χ2v) is 6.71. The highest BCUT2D eigenvalue weighted by Crippen LogP contribution is 2.27. The molecule has 3 aromatic rings. The Balaban J connectivity index is 1.89. The van der Waals surface area contributed by atoms with Crippen molar-refractivity contribution in [3.8, 4) is 0 Å². The summed E-state index contributed by atoms with van der Waals surface area (Å²) in [6.45, 7) is 0. The van der Waals surface area contributed by atoms with Crippen LogP contribution in [0.4, 0.5) is 5.69 Å². The van der Waals surface area contributed by atoms with Gasteiger partial charge in [-0.3, -0.25) is 9.19 Å². The molecule has 0 saturated carbocycles. The lowest BCUT2D eigenvalue weighted by Crippen LogP contribution is -1.95. The van der Waals surface area contributed by atoms with Crippen molar-refractivity contribution in [2.75, 3.05) is 5.73 Å². The van der Waals surface area contributed by atoms with Crippen LogP contribution in [0.15, 0.2) is 47.1 Å². The van der Waals surface area contributed by atoms with Crippen LogP contribution in [0, 0.1) is 0 Å². The van der Waals surface area contributed by atoms with Crippen LogP contribution in [0.1, 0.15) is 5.56 Å². The lowest BCUT2D eigenvalue weighted by Gasteiger charge is -1.97. The first-order chi connectivity index (χ1) is 9.22. The Morgan fingerprint density at radius 2 is 2.21 bits per heavy atom. The van der Waals surface area contributed by atoms with Gasteiger partial charge < -0.3 is 5.73 Å². The minimum Gasteiger partial charge on any atom is -0.399 e. The van der Waals surface area contributed by atoms with Crippen LogP contribution in [-0.4, -0.2) is 14.2 Å². The maximum absolute atomic E-state index is 12.3. The SMILES string of the molecule is Nc1ccc2nc(S(=O)Cc3cccnc3)sc2c1. The second kappa shape index (κ2) is 5.07. The molecule has 2 aromatic heterocycles. The molecule has 2 heterocycles. The molecule has 0 aliphatic heterocycles. The van der Waals surface area contributed by atoms with Crippen LogP contribution in [0.5, 0.6) is 0 Å². The Hall–Kier alpha value is -1.79. The van der Waals surface area contributed by atoms with Gasteiger partial charge in [-0.15, -0.1) is 11.3 Å². The van der Waals surface area contributed by atoms with Gasteiger partial charge in [-0.05, 0) is 29.8 Å². The highest BCUT2D eigenvalue weighted by atomic mass is 32.2. The number of rotatable bonds is 3. The second-order valence-electron chi connectivity index (χ2n) is 4.06. The number of nitrogen functional groups attached to an aromatic ring is 1. The number of hydrogen-bond donors (Lipinski definition) is 1. The predicted octanol–water partition coefficient (Wildman–Crippen LogP) is 2.58. The summed E-state index contributed by atoms with van der Waals surface area (Å²) >= 11 is 1.43. The first kappa shape index (κ1) is 12.3. The van der Waals surface area contributed by atoms with Crippen LogP contribution in [0.25, 0.3) is 10.2 Å². The van der Waals surface area contributed by atoms with E-state index in [-0.39, 0.29) is 0 Å². The van der Waals surface area contributed by atoms with Crippen molar-refractivity contribution in [2.45, 2.75) is 10.1 Å². The zero-order valence-corrected chi connectivity index (χ0v) is 11.6. The molecule has 0 saturated heterocycles. The number of hydrogen-bond acceptors (Lipinski definition) is 5. The van der Waals surface area contributed by atoms with Crippen molar-refractivity contribution in [3.63, 3.8) is 0 Å². The molecule has 19 heavy (non-hydrogen) atoms. The average molecular weight is 289 g/mol. The largest absolute Gasteiger partial charge is 0.399 e. The topological polar surface area (TPSA) is 68.9 Å². The normalized spacial score (nSPS) is 12.6. The fraction of sp³-hybridized carbons (Fsp3) is 0.0769. The van der Waals surface area contributed by atoms with E-state index in [0.717, 1.165) is 15.8 Å². The molecule has 0 aliphatic rings. The molecular weight excluding hydrogens is 278 g/mol. The summed E-state index contributed by atoms with van der Waals surface area (Å²) in [4.78, 5) is 8.41. The van der Waals surface area contributed by atoms with Gasteiger partial charge in [0.1, 0.15) is 0 Å². The van der Waals surface area contributed by atoms with Gasteiger partial charge in [-0.2, -0.15) is 0 Å². The van der Waals surface area contributed by atoms with Crippen LogP contribution < -0.4 is 5.73 Å². The van der Waals surface area contributed by atoms with E-state index in [1.807, 2.05) is 24.3 Å². The van der Waals surface area contributed by atoms with Gasteiger partial charge in [0.25, 0.3) is 0 Å². The number of nitrogens with zero attached hydrogens (tertiary/aromatic N) is 2. The number of anilines is 1. The molecule has 1 atom stereocenters. The highest BCUT2D eigenvalue weighted by molar-refractivity contribution is 7.86. The fourth-order valence-corrected chi connectivity index (χ4v) is 4.07. The number of aromatic nitrogens is 2. The molecule has 1 unspecified atom stereocenters. The number of nitrogens with two attached hydrogens (primary N) is 1. The van der Waals surface area contributed by atoms with Gasteiger partial charge in [0.05, 0.1) is 26.8 Å². The third-order valence-corrected chi connectivity index (χ3v) is 5.31. The Morgan fingerprint density at radius 3 is 3.00 bits per heavy atom. The molecule has 0 spiro atoms. The smallest absolute Gasteiger partial charge is 0.182 e. The fourth-order valence-electron chi connectivity index (χ4n) is 1.71. The summed E-state index contributed by atoms with van der Waals surface area (Å²) in [6, 6.07) is 9.27. The van der Waals surface area contributed by atoms with Crippen LogP contribution in [0.2, 0.25) is 0 Å². The van der Waals surface area contributed by atoms with Crippen LogP contribution in [0.3, 0.4) is 0 Å². The molecule has 1 aromatic carbocycles. The quantitative estimate of drug-likeness (QED) is 0.752. The standard InChI is InChI=1S/C13H11N3OS2/c14-10-3-4-11-12(6-10)18-13(16-11)19(17)8-9-2-1-5-15-7-9/h1-7H,8,14H2. The lowest BCUT2D eigenvalue weighted by molar-refractivity contribution is 0.682. The molecule has 0 aliphatic carbocycles. The molecule has 0 fully saturated rings. The van der Waals surface area contributed by atoms with Crippen molar-refractivity contribution in [1.82, 2.24) is 9.97 Å². The van der Waals surface area contributed by atoms with Gasteiger partial charge in [-0.1, -0.05) is 6.07 Å². The summed E-state index contributed by atoms with van der Waals surface area (Å²) in [5.41, 5.74) is 8.21. The Labute approximate surface area is 116 Å². The summed E-state index contributed by atoms with van der Waals surface area (Å²) < 4.78 is 13.9. The molecule has 6 heteroatoms. The number of pyridine rings is 1. The third kappa shape index (κ3) is 2.64. The van der Waals surface area contributed by atoms with E-state index in [9.17, 15) is 4.21 Å². The first-order valence-electron chi connectivity index (χ1n) is 5.66. The van der Waals surface area contributed by atoms with Crippen LogP contribution >= 0.6 is 11.3 Å². The van der Waals surface area contributed by atoms with E-state index in [1.165, 1.54) is 11.3 Å². The highest BCUT2D eigenvalue weighted by Gasteiger charge is 2.11. The number of benzene rings is 1. The Morgan fingerprint density at radius 1 is 1.32 bits per heavy atom. The molecular formula is C13H11N3OS2. The molecule has 96 valence electrons. The summed E-state index contributed by atoms with van der Waals surface area (Å²) in [6.07, 6.45) is 3.43. The minimum atomic E-state index is -1.15. The molecule has 0 radical (unpaired) electrons. The first-order valence-corrected chi connectivity index (χ1v) is 7.79. The van der Waals surface area contributed by atoms with Gasteiger partial charge in [0.2, 0.25) is 0 Å².